The molecular weight excluding hydrogens is 396 g/mol. The number of hydrogen-bond donors (Lipinski definition) is 2. The molecule has 0 aliphatic carbocycles. The number of anilines is 2. The Kier molecular flexibility index (Phi) is 5.11. The van der Waals surface area contributed by atoms with Gasteiger partial charge in [0.05, 0.1) is 20.8 Å². The van der Waals surface area contributed by atoms with Crippen molar-refractivity contribution in [2.45, 2.75) is 25.2 Å². The van der Waals surface area contributed by atoms with Gasteiger partial charge < -0.3 is 5.32 Å². The van der Waals surface area contributed by atoms with Crippen LogP contribution in [0.5, 0.6) is 0 Å². The monoisotopic (exact) mass is 411 g/mol. The highest BCUT2D eigenvalue weighted by molar-refractivity contribution is 7.92. The molecule has 1 amide bonds. The lowest BCUT2D eigenvalue weighted by Crippen LogP contribution is -2.13. The first-order valence-electron chi connectivity index (χ1n) is 7.88. The number of carbonyl (C=O) groups is 1. The van der Waals surface area contributed by atoms with Crippen molar-refractivity contribution in [1.82, 2.24) is 4.98 Å². The number of halogens is 2. The van der Waals surface area contributed by atoms with Crippen LogP contribution in [0.4, 0.5) is 19.6 Å². The SMILES string of the molecule is CCC(=O)Nc1nc2c(C)cc(NS(=O)(=O)c3ccc(F)c(F)c3)cc2s1. The Bertz CT molecular complexity index is 1140. The molecule has 0 aliphatic heterocycles. The van der Waals surface area contributed by atoms with Crippen molar-refractivity contribution in [2.75, 3.05) is 10.0 Å². The standard InChI is InChI=1S/C17H15F2N3O3S2/c1-3-15(23)20-17-21-16-9(2)6-10(7-14(16)26-17)22-27(24,25)11-4-5-12(18)13(19)8-11/h4-8,22H,3H2,1-2H3,(H,20,21,23). The van der Waals surface area contributed by atoms with Crippen molar-refractivity contribution >= 4 is 48.3 Å². The van der Waals surface area contributed by atoms with Gasteiger partial charge in [0.2, 0.25) is 5.91 Å². The van der Waals surface area contributed by atoms with Gasteiger partial charge in [0.15, 0.2) is 16.8 Å². The number of fused-ring (bicyclic) bond motifs is 1. The Morgan fingerprint density at radius 3 is 2.59 bits per heavy atom. The first kappa shape index (κ1) is 19.2. The number of nitrogens with one attached hydrogen (secondary N) is 2. The number of aromatic nitrogens is 1. The van der Waals surface area contributed by atoms with Crippen molar-refractivity contribution in [3.05, 3.63) is 47.5 Å². The molecule has 1 heterocycles. The number of carbonyl (C=O) groups excluding carboxylic acids is 1. The highest BCUT2D eigenvalue weighted by Crippen LogP contribution is 2.32. The van der Waals surface area contributed by atoms with Crippen LogP contribution in [-0.4, -0.2) is 19.3 Å². The van der Waals surface area contributed by atoms with Crippen molar-refractivity contribution in [3.63, 3.8) is 0 Å². The maximum absolute atomic E-state index is 13.3. The fourth-order valence-corrected chi connectivity index (χ4v) is 4.43. The molecular formula is C17H15F2N3O3S2. The van der Waals surface area contributed by atoms with E-state index in [4.69, 9.17) is 0 Å². The smallest absolute Gasteiger partial charge is 0.261 e. The molecule has 2 N–H and O–H groups in total. The fraction of sp³-hybridized carbons (Fsp3) is 0.176. The first-order valence-corrected chi connectivity index (χ1v) is 10.2. The summed E-state index contributed by atoms with van der Waals surface area (Å²) in [4.78, 5) is 15.5. The Morgan fingerprint density at radius 1 is 1.19 bits per heavy atom. The highest BCUT2D eigenvalue weighted by Gasteiger charge is 2.18. The molecule has 0 unspecified atom stereocenters. The van der Waals surface area contributed by atoms with E-state index >= 15 is 0 Å². The van der Waals surface area contributed by atoms with E-state index in [0.717, 1.165) is 12.1 Å². The van der Waals surface area contributed by atoms with E-state index in [2.05, 4.69) is 15.0 Å². The molecule has 0 fully saturated rings. The maximum Gasteiger partial charge on any atom is 0.261 e. The van der Waals surface area contributed by atoms with Gasteiger partial charge in [-0.05, 0) is 42.8 Å². The lowest BCUT2D eigenvalue weighted by atomic mass is 10.2. The molecule has 142 valence electrons. The zero-order chi connectivity index (χ0) is 19.8. The Labute approximate surface area is 158 Å². The number of hydrogen-bond acceptors (Lipinski definition) is 5. The van der Waals surface area contributed by atoms with E-state index in [9.17, 15) is 22.0 Å². The van der Waals surface area contributed by atoms with Crippen LogP contribution in [0.2, 0.25) is 0 Å². The van der Waals surface area contributed by atoms with Crippen molar-refractivity contribution in [2.24, 2.45) is 0 Å². The molecule has 3 rings (SSSR count). The van der Waals surface area contributed by atoms with E-state index in [1.807, 2.05) is 0 Å². The summed E-state index contributed by atoms with van der Waals surface area (Å²) in [6.07, 6.45) is 0.314. The van der Waals surface area contributed by atoms with E-state index in [1.54, 1.807) is 26.0 Å². The predicted molar refractivity (Wildman–Crippen MR) is 100 cm³/mol. The molecule has 1 aromatic heterocycles. The molecule has 0 radical (unpaired) electrons. The molecule has 0 aliphatic rings. The van der Waals surface area contributed by atoms with Crippen LogP contribution in [0.15, 0.2) is 35.2 Å². The van der Waals surface area contributed by atoms with E-state index in [0.29, 0.717) is 33.4 Å². The minimum Gasteiger partial charge on any atom is -0.302 e. The Balaban J connectivity index is 1.94. The second kappa shape index (κ2) is 7.20. The van der Waals surface area contributed by atoms with Gasteiger partial charge in [-0.2, -0.15) is 0 Å². The van der Waals surface area contributed by atoms with Crippen LogP contribution in [0.3, 0.4) is 0 Å². The van der Waals surface area contributed by atoms with Crippen LogP contribution in [-0.2, 0) is 14.8 Å². The summed E-state index contributed by atoms with van der Waals surface area (Å²) in [6.45, 7) is 3.47. The van der Waals surface area contributed by atoms with E-state index < -0.39 is 21.7 Å². The highest BCUT2D eigenvalue weighted by atomic mass is 32.2. The fourth-order valence-electron chi connectivity index (χ4n) is 2.37. The largest absolute Gasteiger partial charge is 0.302 e. The third-order valence-electron chi connectivity index (χ3n) is 3.71. The van der Waals surface area contributed by atoms with Crippen LogP contribution in [0, 0.1) is 18.6 Å². The van der Waals surface area contributed by atoms with Crippen LogP contribution >= 0.6 is 11.3 Å². The summed E-state index contributed by atoms with van der Waals surface area (Å²) in [5.41, 5.74) is 1.59. The summed E-state index contributed by atoms with van der Waals surface area (Å²) in [5.74, 6) is -2.55. The van der Waals surface area contributed by atoms with E-state index in [-0.39, 0.29) is 16.5 Å². The number of benzene rings is 2. The minimum absolute atomic E-state index is 0.175. The van der Waals surface area contributed by atoms with Gasteiger partial charge in [-0.25, -0.2) is 22.2 Å². The van der Waals surface area contributed by atoms with Crippen LogP contribution in [0.25, 0.3) is 10.2 Å². The normalized spacial score (nSPS) is 11.6. The van der Waals surface area contributed by atoms with Gasteiger partial charge in [0.1, 0.15) is 0 Å². The second-order valence-corrected chi connectivity index (χ2v) is 8.46. The quantitative estimate of drug-likeness (QED) is 0.663. The molecule has 10 heteroatoms. The van der Waals surface area contributed by atoms with Gasteiger partial charge in [-0.1, -0.05) is 18.3 Å². The summed E-state index contributed by atoms with van der Waals surface area (Å²) in [6, 6.07) is 5.50. The molecule has 2 aromatic carbocycles. The Hall–Kier alpha value is -2.59. The van der Waals surface area contributed by atoms with Crippen LogP contribution in [0.1, 0.15) is 18.9 Å². The number of aryl methyl sites for hydroxylation is 1. The van der Waals surface area contributed by atoms with Crippen molar-refractivity contribution in [1.29, 1.82) is 0 Å². The summed E-state index contributed by atoms with van der Waals surface area (Å²) in [7, 11) is -4.10. The number of rotatable bonds is 5. The molecule has 0 bridgehead atoms. The maximum atomic E-state index is 13.3. The Morgan fingerprint density at radius 2 is 1.93 bits per heavy atom. The first-order chi connectivity index (χ1) is 12.7. The summed E-state index contributed by atoms with van der Waals surface area (Å²) in [5, 5.41) is 3.08. The number of sulfonamides is 1. The van der Waals surface area contributed by atoms with Gasteiger partial charge in [0, 0.05) is 6.42 Å². The average Bonchev–Trinajstić information content (AvgIpc) is 2.99. The second-order valence-electron chi connectivity index (χ2n) is 5.74. The average molecular weight is 411 g/mol. The molecule has 6 nitrogen and oxygen atoms in total. The van der Waals surface area contributed by atoms with Gasteiger partial charge >= 0.3 is 0 Å². The lowest BCUT2D eigenvalue weighted by Gasteiger charge is -2.09. The van der Waals surface area contributed by atoms with Crippen LogP contribution < -0.4 is 10.0 Å². The summed E-state index contributed by atoms with van der Waals surface area (Å²) < 4.78 is 54.3. The molecule has 0 atom stereocenters. The van der Waals surface area contributed by atoms with Crippen molar-refractivity contribution < 1.29 is 22.0 Å². The predicted octanol–water partition coefficient (Wildman–Crippen LogP) is 4.03. The third-order valence-corrected chi connectivity index (χ3v) is 6.00. The van der Waals surface area contributed by atoms with Gasteiger partial charge in [0.25, 0.3) is 10.0 Å². The van der Waals surface area contributed by atoms with Gasteiger partial charge in [-0.15, -0.1) is 0 Å². The molecule has 0 spiro atoms. The molecule has 0 saturated carbocycles. The summed E-state index contributed by atoms with van der Waals surface area (Å²) >= 11 is 1.21. The third kappa shape index (κ3) is 4.06. The molecule has 0 saturated heterocycles. The number of amides is 1. The number of nitrogens with zero attached hydrogens (tertiary/aromatic N) is 1. The zero-order valence-corrected chi connectivity index (χ0v) is 16.0. The van der Waals surface area contributed by atoms with E-state index in [1.165, 1.54) is 11.3 Å². The van der Waals surface area contributed by atoms with Crippen molar-refractivity contribution in [3.8, 4) is 0 Å². The minimum atomic E-state index is -4.10. The topological polar surface area (TPSA) is 88.2 Å². The molecule has 3 aromatic rings. The molecule has 27 heavy (non-hydrogen) atoms. The van der Waals surface area contributed by atoms with Gasteiger partial charge in [-0.3, -0.25) is 9.52 Å². The lowest BCUT2D eigenvalue weighted by molar-refractivity contribution is -0.115. The number of thiazole rings is 1. The zero-order valence-electron chi connectivity index (χ0n) is 14.3.